The van der Waals surface area contributed by atoms with Gasteiger partial charge in [0.25, 0.3) is 0 Å². The second-order valence-electron chi connectivity index (χ2n) is 2.07. The minimum atomic E-state index is 0.306. The molecule has 0 aromatic heterocycles. The molecule has 0 aromatic carbocycles. The maximum absolute atomic E-state index is 8.50. The molecule has 0 spiro atoms. The summed E-state index contributed by atoms with van der Waals surface area (Å²) in [5.41, 5.74) is 0. The van der Waals surface area contributed by atoms with Gasteiger partial charge < -0.3 is 5.11 Å². The second kappa shape index (κ2) is 1.80. The van der Waals surface area contributed by atoms with Gasteiger partial charge in [-0.05, 0) is 6.92 Å². The van der Waals surface area contributed by atoms with Gasteiger partial charge in [-0.1, -0.05) is 0 Å². The first-order valence-corrected chi connectivity index (χ1v) is 2.69. The molecule has 2 nitrogen and oxygen atoms in total. The first kappa shape index (κ1) is 5.06. The molecule has 1 N–H and O–H groups in total. The van der Waals surface area contributed by atoms with Crippen molar-refractivity contribution in [2.75, 3.05) is 19.7 Å². The van der Waals surface area contributed by atoms with Gasteiger partial charge in [-0.15, -0.1) is 0 Å². The summed E-state index contributed by atoms with van der Waals surface area (Å²) in [6.45, 7) is 4.70. The Labute approximate surface area is 43.7 Å². The van der Waals surface area contributed by atoms with Gasteiger partial charge >= 0.3 is 0 Å². The van der Waals surface area contributed by atoms with Crippen LogP contribution in [0.5, 0.6) is 0 Å². The molecule has 0 aliphatic carbocycles. The Balaban J connectivity index is 2.10. The molecular formula is C5H11NO. The molecule has 0 radical (unpaired) electrons. The first-order valence-electron chi connectivity index (χ1n) is 2.69. The maximum Gasteiger partial charge on any atom is 0.0584 e. The van der Waals surface area contributed by atoms with Crippen LogP contribution in [0.4, 0.5) is 0 Å². The third-order valence-electron chi connectivity index (χ3n) is 1.37. The van der Waals surface area contributed by atoms with Crippen molar-refractivity contribution < 1.29 is 5.11 Å². The van der Waals surface area contributed by atoms with Gasteiger partial charge in [0.15, 0.2) is 0 Å². The predicted octanol–water partition coefficient (Wildman–Crippen LogP) is -0.317. The van der Waals surface area contributed by atoms with Crippen LogP contribution in [0.3, 0.4) is 0 Å². The molecular weight excluding hydrogens is 90.1 g/mol. The summed E-state index contributed by atoms with van der Waals surface area (Å²) in [4.78, 5) is 2.22. The summed E-state index contributed by atoms with van der Waals surface area (Å²) in [6, 6.07) is 0.403. The fourth-order valence-electron chi connectivity index (χ4n) is 0.614. The molecule has 1 fully saturated rings. The molecule has 1 saturated heterocycles. The van der Waals surface area contributed by atoms with E-state index in [0.717, 1.165) is 0 Å². The summed E-state index contributed by atoms with van der Waals surface area (Å²) >= 11 is 0. The van der Waals surface area contributed by atoms with Gasteiger partial charge in [0, 0.05) is 19.1 Å². The molecule has 1 rings (SSSR count). The molecule has 1 heterocycles. The van der Waals surface area contributed by atoms with E-state index >= 15 is 0 Å². The van der Waals surface area contributed by atoms with Crippen LogP contribution in [-0.4, -0.2) is 35.7 Å². The number of aliphatic hydroxyl groups excluding tert-OH is 1. The van der Waals surface area contributed by atoms with Gasteiger partial charge in [-0.2, -0.15) is 0 Å². The highest BCUT2D eigenvalue weighted by atomic mass is 16.3. The summed E-state index contributed by atoms with van der Waals surface area (Å²) in [6.07, 6.45) is 0. The van der Waals surface area contributed by atoms with E-state index in [0.29, 0.717) is 12.6 Å². The first-order chi connectivity index (χ1) is 3.34. The third-order valence-corrected chi connectivity index (χ3v) is 1.37. The van der Waals surface area contributed by atoms with Crippen molar-refractivity contribution in [3.05, 3.63) is 0 Å². The van der Waals surface area contributed by atoms with Gasteiger partial charge in [-0.25, -0.2) is 0 Å². The van der Waals surface area contributed by atoms with Gasteiger partial charge in [0.2, 0.25) is 0 Å². The van der Waals surface area contributed by atoms with Crippen LogP contribution in [0.1, 0.15) is 6.92 Å². The number of hydrogen-bond donors (Lipinski definition) is 1. The van der Waals surface area contributed by atoms with E-state index in [1.807, 2.05) is 6.92 Å². The van der Waals surface area contributed by atoms with Crippen molar-refractivity contribution in [3.8, 4) is 0 Å². The van der Waals surface area contributed by atoms with Crippen molar-refractivity contribution in [2.45, 2.75) is 13.0 Å². The zero-order chi connectivity index (χ0) is 5.28. The van der Waals surface area contributed by atoms with Crippen LogP contribution in [0.25, 0.3) is 0 Å². The monoisotopic (exact) mass is 101 g/mol. The summed E-state index contributed by atoms with van der Waals surface area (Å²) < 4.78 is 0. The Morgan fingerprint density at radius 1 is 1.71 bits per heavy atom. The normalized spacial score (nSPS) is 24.9. The highest BCUT2D eigenvalue weighted by molar-refractivity contribution is 4.77. The topological polar surface area (TPSA) is 23.2 Å². The largest absolute Gasteiger partial charge is 0.395 e. The van der Waals surface area contributed by atoms with Crippen molar-refractivity contribution in [3.63, 3.8) is 0 Å². The molecule has 0 aromatic rings. The van der Waals surface area contributed by atoms with Gasteiger partial charge in [0.1, 0.15) is 0 Å². The molecule has 0 bridgehead atoms. The molecule has 0 amide bonds. The van der Waals surface area contributed by atoms with Crippen LogP contribution in [0.15, 0.2) is 0 Å². The lowest BCUT2D eigenvalue weighted by atomic mass is 10.4. The fraction of sp³-hybridized carbons (Fsp3) is 1.00. The average Bonchev–Trinajstić information content (AvgIpc) is 2.44. The number of rotatable bonds is 2. The summed E-state index contributed by atoms with van der Waals surface area (Å²) in [5.74, 6) is 0. The summed E-state index contributed by atoms with van der Waals surface area (Å²) in [7, 11) is 0. The van der Waals surface area contributed by atoms with Crippen LogP contribution in [-0.2, 0) is 0 Å². The highest BCUT2D eigenvalue weighted by Crippen LogP contribution is 2.07. The molecule has 2 heteroatoms. The molecule has 1 unspecified atom stereocenters. The van der Waals surface area contributed by atoms with Crippen molar-refractivity contribution in [1.29, 1.82) is 0 Å². The minimum absolute atomic E-state index is 0.306. The minimum Gasteiger partial charge on any atom is -0.395 e. The number of hydrogen-bond acceptors (Lipinski definition) is 2. The Morgan fingerprint density at radius 2 is 2.29 bits per heavy atom. The van der Waals surface area contributed by atoms with E-state index in [2.05, 4.69) is 4.90 Å². The molecule has 1 atom stereocenters. The molecule has 0 saturated carbocycles. The van der Waals surface area contributed by atoms with Crippen LogP contribution >= 0.6 is 0 Å². The Morgan fingerprint density at radius 3 is 2.43 bits per heavy atom. The Kier molecular flexibility index (Phi) is 1.30. The van der Waals surface area contributed by atoms with Crippen LogP contribution < -0.4 is 0 Å². The zero-order valence-corrected chi connectivity index (χ0v) is 4.59. The van der Waals surface area contributed by atoms with Crippen molar-refractivity contribution >= 4 is 0 Å². The smallest absolute Gasteiger partial charge is 0.0584 e. The van der Waals surface area contributed by atoms with E-state index < -0.39 is 0 Å². The lowest BCUT2D eigenvalue weighted by Gasteiger charge is -2.05. The third kappa shape index (κ3) is 1.14. The van der Waals surface area contributed by atoms with Crippen LogP contribution in [0.2, 0.25) is 0 Å². The van der Waals surface area contributed by atoms with Gasteiger partial charge in [-0.3, -0.25) is 4.90 Å². The lowest BCUT2D eigenvalue weighted by molar-refractivity contribution is 0.218. The quantitative estimate of drug-likeness (QED) is 0.482. The molecule has 7 heavy (non-hydrogen) atoms. The average molecular weight is 101 g/mol. The maximum atomic E-state index is 8.50. The standard InChI is InChI=1S/C5H11NO/c1-5(4-7)6-2-3-6/h5,7H,2-4H2,1H3. The second-order valence-corrected chi connectivity index (χ2v) is 2.07. The number of nitrogens with zero attached hydrogens (tertiary/aromatic N) is 1. The van der Waals surface area contributed by atoms with E-state index in [-0.39, 0.29) is 0 Å². The van der Waals surface area contributed by atoms with Crippen molar-refractivity contribution in [2.24, 2.45) is 0 Å². The molecule has 1 aliphatic rings. The van der Waals surface area contributed by atoms with Gasteiger partial charge in [0.05, 0.1) is 6.61 Å². The molecule has 1 aliphatic heterocycles. The highest BCUT2D eigenvalue weighted by Gasteiger charge is 2.22. The van der Waals surface area contributed by atoms with Crippen LogP contribution in [0, 0.1) is 0 Å². The Bertz CT molecular complexity index is 61.1. The predicted molar refractivity (Wildman–Crippen MR) is 28.1 cm³/mol. The Hall–Kier alpha value is -0.0800. The van der Waals surface area contributed by atoms with E-state index in [1.54, 1.807) is 0 Å². The SMILES string of the molecule is CC(CO)N1CC1. The molecule has 42 valence electrons. The summed E-state index contributed by atoms with van der Waals surface area (Å²) in [5, 5.41) is 8.50. The number of aliphatic hydroxyl groups is 1. The van der Waals surface area contributed by atoms with E-state index in [1.165, 1.54) is 13.1 Å². The lowest BCUT2D eigenvalue weighted by Crippen LogP contribution is -2.17. The fourth-order valence-corrected chi connectivity index (χ4v) is 0.614. The zero-order valence-electron chi connectivity index (χ0n) is 4.59. The van der Waals surface area contributed by atoms with Crippen molar-refractivity contribution in [1.82, 2.24) is 4.90 Å². The van der Waals surface area contributed by atoms with E-state index in [9.17, 15) is 0 Å². The van der Waals surface area contributed by atoms with E-state index in [4.69, 9.17) is 5.11 Å².